The maximum absolute atomic E-state index is 12.0. The molecule has 2 rings (SSSR count). The summed E-state index contributed by atoms with van der Waals surface area (Å²) in [4.78, 5) is 11.0. The van der Waals surface area contributed by atoms with Crippen LogP contribution >= 0.6 is 0 Å². The molecule has 0 saturated carbocycles. The minimum Gasteiger partial charge on any atom is -0.373 e. The van der Waals surface area contributed by atoms with Gasteiger partial charge in [-0.1, -0.05) is 0 Å². The first kappa shape index (κ1) is 13.5. The van der Waals surface area contributed by atoms with E-state index in [1.807, 2.05) is 0 Å². The van der Waals surface area contributed by atoms with Crippen LogP contribution in [0.5, 0.6) is 0 Å². The second-order valence-corrected chi connectivity index (χ2v) is 5.62. The van der Waals surface area contributed by atoms with Crippen LogP contribution in [-0.2, 0) is 16.4 Å². The van der Waals surface area contributed by atoms with Crippen molar-refractivity contribution >= 4 is 15.8 Å². The molecule has 0 aliphatic heterocycles. The normalized spacial score (nSPS) is 11.4. The molecule has 0 bridgehead atoms. The molecular formula is C11H15N5O2S. The van der Waals surface area contributed by atoms with Gasteiger partial charge in [-0.15, -0.1) is 0 Å². The molecule has 0 aliphatic carbocycles. The first-order chi connectivity index (χ1) is 9.12. The Morgan fingerprint density at radius 1 is 1.42 bits per heavy atom. The topological polar surface area (TPSA) is 99.8 Å². The van der Waals surface area contributed by atoms with Crippen LogP contribution in [0.4, 0.5) is 5.82 Å². The fraction of sp³-hybridized carbons (Fsp3) is 0.273. The molecule has 0 radical (unpaired) electrons. The van der Waals surface area contributed by atoms with Crippen molar-refractivity contribution in [3.63, 3.8) is 0 Å². The van der Waals surface area contributed by atoms with Crippen LogP contribution in [0.25, 0.3) is 0 Å². The van der Waals surface area contributed by atoms with Crippen molar-refractivity contribution < 1.29 is 8.42 Å². The average molecular weight is 281 g/mol. The Kier molecular flexibility index (Phi) is 4.13. The minimum absolute atomic E-state index is 0.191. The summed E-state index contributed by atoms with van der Waals surface area (Å²) in [5.74, 6) is 0.511. The molecule has 2 heterocycles. The predicted octanol–water partition coefficient (Wildman–Crippen LogP) is 0.367. The number of hydrogen-bond acceptors (Lipinski definition) is 5. The third-order valence-corrected chi connectivity index (χ3v) is 4.00. The van der Waals surface area contributed by atoms with Crippen LogP contribution in [0.2, 0.25) is 0 Å². The first-order valence-corrected chi connectivity index (χ1v) is 7.21. The van der Waals surface area contributed by atoms with E-state index in [0.717, 1.165) is 5.69 Å². The number of nitrogens with zero attached hydrogens (tertiary/aromatic N) is 2. The maximum atomic E-state index is 12.0. The van der Waals surface area contributed by atoms with E-state index in [1.165, 1.54) is 18.3 Å². The van der Waals surface area contributed by atoms with Crippen LogP contribution in [0.3, 0.4) is 0 Å². The highest BCUT2D eigenvalue weighted by atomic mass is 32.2. The standard InChI is InChI=1S/C11H15N5O2S/c1-12-11-6-10(3-4-14-11)19(17,18)16-5-2-9-7-13-8-15-9/h3-4,6-8,16H,2,5H2,1H3,(H,12,14)(H,13,15). The summed E-state index contributed by atoms with van der Waals surface area (Å²) in [7, 11) is -1.83. The zero-order valence-corrected chi connectivity index (χ0v) is 11.2. The van der Waals surface area contributed by atoms with Crippen LogP contribution in [-0.4, -0.2) is 37.0 Å². The van der Waals surface area contributed by atoms with Gasteiger partial charge in [-0.25, -0.2) is 23.1 Å². The number of nitrogens with one attached hydrogen (secondary N) is 3. The van der Waals surface area contributed by atoms with E-state index in [1.54, 1.807) is 19.6 Å². The lowest BCUT2D eigenvalue weighted by Crippen LogP contribution is -2.26. The first-order valence-electron chi connectivity index (χ1n) is 5.72. The Morgan fingerprint density at radius 3 is 2.95 bits per heavy atom. The van der Waals surface area contributed by atoms with Gasteiger partial charge in [0.05, 0.1) is 11.2 Å². The summed E-state index contributed by atoms with van der Waals surface area (Å²) in [6.45, 7) is 0.307. The number of rotatable bonds is 6. The number of anilines is 1. The third-order valence-electron chi connectivity index (χ3n) is 2.54. The lowest BCUT2D eigenvalue weighted by Gasteiger charge is -2.07. The molecule has 0 fully saturated rings. The van der Waals surface area contributed by atoms with Gasteiger partial charge < -0.3 is 10.3 Å². The van der Waals surface area contributed by atoms with Crippen LogP contribution in [0, 0.1) is 0 Å². The summed E-state index contributed by atoms with van der Waals surface area (Å²) in [5, 5.41) is 2.80. The summed E-state index contributed by atoms with van der Waals surface area (Å²) in [6.07, 6.45) is 5.24. The Balaban J connectivity index is 2.01. The fourth-order valence-corrected chi connectivity index (χ4v) is 2.58. The monoisotopic (exact) mass is 281 g/mol. The van der Waals surface area contributed by atoms with Gasteiger partial charge in [0.2, 0.25) is 10.0 Å². The quantitative estimate of drug-likeness (QED) is 0.710. The van der Waals surface area contributed by atoms with Crippen molar-refractivity contribution in [2.75, 3.05) is 18.9 Å². The molecule has 0 aromatic carbocycles. The molecule has 0 amide bonds. The van der Waals surface area contributed by atoms with Crippen molar-refractivity contribution in [1.29, 1.82) is 0 Å². The van der Waals surface area contributed by atoms with Gasteiger partial charge >= 0.3 is 0 Å². The Labute approximate surface area is 111 Å². The largest absolute Gasteiger partial charge is 0.373 e. The van der Waals surface area contributed by atoms with Gasteiger partial charge in [0, 0.05) is 44.2 Å². The number of aromatic nitrogens is 3. The van der Waals surface area contributed by atoms with E-state index in [-0.39, 0.29) is 4.90 Å². The lowest BCUT2D eigenvalue weighted by atomic mass is 10.3. The van der Waals surface area contributed by atoms with E-state index in [9.17, 15) is 8.42 Å². The molecule has 2 aromatic rings. The highest BCUT2D eigenvalue weighted by Crippen LogP contribution is 2.11. The van der Waals surface area contributed by atoms with Gasteiger partial charge in [-0.3, -0.25) is 0 Å². The second kappa shape index (κ2) is 5.81. The Hall–Kier alpha value is -1.93. The lowest BCUT2D eigenvalue weighted by molar-refractivity contribution is 0.581. The van der Waals surface area contributed by atoms with Crippen molar-refractivity contribution in [3.05, 3.63) is 36.5 Å². The predicted molar refractivity (Wildman–Crippen MR) is 71.3 cm³/mol. The highest BCUT2D eigenvalue weighted by molar-refractivity contribution is 7.89. The third kappa shape index (κ3) is 3.52. The van der Waals surface area contributed by atoms with Crippen LogP contribution in [0.1, 0.15) is 5.69 Å². The van der Waals surface area contributed by atoms with E-state index >= 15 is 0 Å². The Morgan fingerprint density at radius 2 is 2.26 bits per heavy atom. The number of imidazole rings is 1. The van der Waals surface area contributed by atoms with Crippen molar-refractivity contribution in [2.24, 2.45) is 0 Å². The molecule has 3 N–H and O–H groups in total. The fourth-order valence-electron chi connectivity index (χ4n) is 1.54. The van der Waals surface area contributed by atoms with Gasteiger partial charge in [0.15, 0.2) is 0 Å². The molecule has 0 atom stereocenters. The smallest absolute Gasteiger partial charge is 0.240 e. The maximum Gasteiger partial charge on any atom is 0.240 e. The van der Waals surface area contributed by atoms with Gasteiger partial charge in [0.25, 0.3) is 0 Å². The number of aromatic amines is 1. The molecule has 0 aliphatic rings. The zero-order chi connectivity index (χ0) is 13.7. The molecule has 0 spiro atoms. The molecule has 0 unspecified atom stereocenters. The van der Waals surface area contributed by atoms with Crippen molar-refractivity contribution in [1.82, 2.24) is 19.7 Å². The summed E-state index contributed by atoms with van der Waals surface area (Å²) in [5.41, 5.74) is 0.883. The van der Waals surface area contributed by atoms with Crippen molar-refractivity contribution in [3.8, 4) is 0 Å². The molecule has 102 valence electrons. The number of sulfonamides is 1. The average Bonchev–Trinajstić information content (AvgIpc) is 2.92. The van der Waals surface area contributed by atoms with Gasteiger partial charge in [-0.05, 0) is 6.07 Å². The van der Waals surface area contributed by atoms with E-state index in [0.29, 0.717) is 18.8 Å². The summed E-state index contributed by atoms with van der Waals surface area (Å²) >= 11 is 0. The summed E-state index contributed by atoms with van der Waals surface area (Å²) in [6, 6.07) is 2.94. The minimum atomic E-state index is -3.51. The number of H-pyrrole nitrogens is 1. The Bertz CT molecular complexity index is 624. The van der Waals surface area contributed by atoms with Gasteiger partial charge in [-0.2, -0.15) is 0 Å². The molecule has 0 saturated heterocycles. The molecule has 19 heavy (non-hydrogen) atoms. The number of pyridine rings is 1. The molecular weight excluding hydrogens is 266 g/mol. The zero-order valence-electron chi connectivity index (χ0n) is 10.4. The molecule has 2 aromatic heterocycles. The van der Waals surface area contributed by atoms with Crippen LogP contribution in [0.15, 0.2) is 35.7 Å². The van der Waals surface area contributed by atoms with Gasteiger partial charge in [0.1, 0.15) is 5.82 Å². The second-order valence-electron chi connectivity index (χ2n) is 3.85. The molecule has 8 heteroatoms. The van der Waals surface area contributed by atoms with Crippen LogP contribution < -0.4 is 10.0 Å². The van der Waals surface area contributed by atoms with E-state index in [4.69, 9.17) is 0 Å². The van der Waals surface area contributed by atoms with Crippen molar-refractivity contribution in [2.45, 2.75) is 11.3 Å². The highest BCUT2D eigenvalue weighted by Gasteiger charge is 2.14. The number of hydrogen-bond donors (Lipinski definition) is 3. The van der Waals surface area contributed by atoms with E-state index < -0.39 is 10.0 Å². The molecule has 7 nitrogen and oxygen atoms in total. The van der Waals surface area contributed by atoms with E-state index in [2.05, 4.69) is 25.0 Å². The summed E-state index contributed by atoms with van der Waals surface area (Å²) < 4.78 is 26.6. The SMILES string of the molecule is CNc1cc(S(=O)(=O)NCCc2cnc[nH]2)ccn1.